The molecule has 1 aromatic carbocycles. The minimum absolute atomic E-state index is 0.0978. The molecule has 1 amide bonds. The lowest BCUT2D eigenvalue weighted by molar-refractivity contribution is -0.146. The second-order valence-corrected chi connectivity index (χ2v) is 7.93. The van der Waals surface area contributed by atoms with Gasteiger partial charge in [0.15, 0.2) is 0 Å². The van der Waals surface area contributed by atoms with E-state index in [0.29, 0.717) is 19.0 Å². The van der Waals surface area contributed by atoms with Crippen molar-refractivity contribution in [1.82, 2.24) is 9.80 Å². The van der Waals surface area contributed by atoms with Crippen molar-refractivity contribution in [3.63, 3.8) is 0 Å². The SMILES string of the molecule is COc1cccc(OC2CN(C(=O)C3CCCN(C4CCCC4)C3)C2)c1. The fourth-order valence-electron chi connectivity index (χ4n) is 4.63. The molecule has 26 heavy (non-hydrogen) atoms. The Labute approximate surface area is 156 Å². The first-order chi connectivity index (χ1) is 12.7. The number of piperidine rings is 1. The largest absolute Gasteiger partial charge is 0.497 e. The third kappa shape index (κ3) is 3.83. The van der Waals surface area contributed by atoms with Gasteiger partial charge in [-0.15, -0.1) is 0 Å². The quantitative estimate of drug-likeness (QED) is 0.812. The number of carbonyl (C=O) groups excluding carboxylic acids is 1. The van der Waals surface area contributed by atoms with Crippen molar-refractivity contribution < 1.29 is 14.3 Å². The number of rotatable bonds is 5. The molecule has 2 aliphatic heterocycles. The highest BCUT2D eigenvalue weighted by molar-refractivity contribution is 5.80. The van der Waals surface area contributed by atoms with E-state index in [9.17, 15) is 4.79 Å². The first-order valence-corrected chi connectivity index (χ1v) is 10.1. The number of amides is 1. The molecule has 2 heterocycles. The zero-order valence-electron chi connectivity index (χ0n) is 15.7. The lowest BCUT2D eigenvalue weighted by atomic mass is 9.93. The zero-order chi connectivity index (χ0) is 17.9. The van der Waals surface area contributed by atoms with E-state index in [1.165, 1.54) is 32.2 Å². The van der Waals surface area contributed by atoms with Crippen LogP contribution in [0.25, 0.3) is 0 Å². The first-order valence-electron chi connectivity index (χ1n) is 10.1. The molecule has 142 valence electrons. The molecule has 1 aliphatic carbocycles. The van der Waals surface area contributed by atoms with Crippen LogP contribution in [0.2, 0.25) is 0 Å². The zero-order valence-corrected chi connectivity index (χ0v) is 15.7. The third-order valence-electron chi connectivity index (χ3n) is 6.15. The highest BCUT2D eigenvalue weighted by Gasteiger charge is 2.38. The van der Waals surface area contributed by atoms with Gasteiger partial charge in [0.2, 0.25) is 5.91 Å². The summed E-state index contributed by atoms with van der Waals surface area (Å²) in [7, 11) is 1.65. The Bertz CT molecular complexity index is 623. The monoisotopic (exact) mass is 358 g/mol. The molecule has 5 heteroatoms. The van der Waals surface area contributed by atoms with Crippen LogP contribution in [0.1, 0.15) is 38.5 Å². The van der Waals surface area contributed by atoms with Gasteiger partial charge in [0.1, 0.15) is 17.6 Å². The van der Waals surface area contributed by atoms with Crippen molar-refractivity contribution in [2.24, 2.45) is 5.92 Å². The summed E-state index contributed by atoms with van der Waals surface area (Å²) in [5.74, 6) is 2.12. The number of nitrogens with zero attached hydrogens (tertiary/aromatic N) is 2. The fraction of sp³-hybridized carbons (Fsp3) is 0.667. The molecule has 0 bridgehead atoms. The van der Waals surface area contributed by atoms with Crippen molar-refractivity contribution in [3.05, 3.63) is 24.3 Å². The van der Waals surface area contributed by atoms with E-state index >= 15 is 0 Å². The van der Waals surface area contributed by atoms with Gasteiger partial charge in [-0.2, -0.15) is 0 Å². The molecule has 3 fully saturated rings. The maximum absolute atomic E-state index is 12.9. The predicted octanol–water partition coefficient (Wildman–Crippen LogP) is 2.94. The normalized spacial score (nSPS) is 25.1. The number of benzene rings is 1. The van der Waals surface area contributed by atoms with Gasteiger partial charge in [0.25, 0.3) is 0 Å². The van der Waals surface area contributed by atoms with Crippen molar-refractivity contribution in [3.8, 4) is 11.5 Å². The molecule has 0 aromatic heterocycles. The number of hydrogen-bond donors (Lipinski definition) is 0. The van der Waals surface area contributed by atoms with Gasteiger partial charge in [-0.3, -0.25) is 9.69 Å². The van der Waals surface area contributed by atoms with Crippen LogP contribution in [0.4, 0.5) is 0 Å². The number of ether oxygens (including phenoxy) is 2. The summed E-state index contributed by atoms with van der Waals surface area (Å²) in [6.07, 6.45) is 7.65. The summed E-state index contributed by atoms with van der Waals surface area (Å²) in [6.45, 7) is 3.55. The Hall–Kier alpha value is -1.75. The van der Waals surface area contributed by atoms with Gasteiger partial charge in [-0.25, -0.2) is 0 Å². The van der Waals surface area contributed by atoms with Crippen molar-refractivity contribution >= 4 is 5.91 Å². The standard InChI is InChI=1S/C21H30N2O3/c1-25-18-9-4-10-19(12-18)26-20-14-23(15-20)21(24)16-6-5-11-22(13-16)17-7-2-3-8-17/h4,9-10,12,16-17,20H,2-3,5-8,11,13-15H2,1H3. The molecule has 1 saturated carbocycles. The van der Waals surface area contributed by atoms with Gasteiger partial charge >= 0.3 is 0 Å². The summed E-state index contributed by atoms with van der Waals surface area (Å²) in [4.78, 5) is 17.4. The van der Waals surface area contributed by atoms with Gasteiger partial charge < -0.3 is 14.4 Å². The lowest BCUT2D eigenvalue weighted by Crippen LogP contribution is -2.59. The molecule has 4 rings (SSSR count). The van der Waals surface area contributed by atoms with E-state index in [4.69, 9.17) is 9.47 Å². The van der Waals surface area contributed by atoms with Gasteiger partial charge in [-0.05, 0) is 44.4 Å². The molecule has 0 N–H and O–H groups in total. The molecule has 3 aliphatic rings. The molecule has 1 unspecified atom stereocenters. The molecule has 0 radical (unpaired) electrons. The van der Waals surface area contributed by atoms with E-state index in [2.05, 4.69) is 4.90 Å². The first kappa shape index (κ1) is 17.7. The summed E-state index contributed by atoms with van der Waals surface area (Å²) in [6, 6.07) is 8.39. The molecular formula is C21H30N2O3. The second-order valence-electron chi connectivity index (χ2n) is 7.93. The number of carbonyl (C=O) groups is 1. The Morgan fingerprint density at radius 1 is 1.04 bits per heavy atom. The molecule has 1 aromatic rings. The van der Waals surface area contributed by atoms with Crippen LogP contribution in [0.3, 0.4) is 0 Å². The van der Waals surface area contributed by atoms with E-state index in [1.807, 2.05) is 29.2 Å². The molecule has 0 spiro atoms. The van der Waals surface area contributed by atoms with Crippen LogP contribution in [-0.2, 0) is 4.79 Å². The Balaban J connectivity index is 1.26. The van der Waals surface area contributed by atoms with Crippen LogP contribution in [0.5, 0.6) is 11.5 Å². The average molecular weight is 358 g/mol. The maximum atomic E-state index is 12.9. The smallest absolute Gasteiger partial charge is 0.227 e. The van der Waals surface area contributed by atoms with Crippen LogP contribution >= 0.6 is 0 Å². The molecule has 1 atom stereocenters. The molecule has 5 nitrogen and oxygen atoms in total. The van der Waals surface area contributed by atoms with Crippen LogP contribution < -0.4 is 9.47 Å². The minimum atomic E-state index is 0.0978. The Morgan fingerprint density at radius 2 is 1.81 bits per heavy atom. The van der Waals surface area contributed by atoms with E-state index in [0.717, 1.165) is 36.9 Å². The van der Waals surface area contributed by atoms with Crippen molar-refractivity contribution in [2.75, 3.05) is 33.3 Å². The second kappa shape index (κ2) is 7.87. The van der Waals surface area contributed by atoms with E-state index in [1.54, 1.807) is 7.11 Å². The Morgan fingerprint density at radius 3 is 2.58 bits per heavy atom. The molecule has 2 saturated heterocycles. The van der Waals surface area contributed by atoms with Crippen LogP contribution in [-0.4, -0.2) is 61.1 Å². The van der Waals surface area contributed by atoms with E-state index in [-0.39, 0.29) is 12.0 Å². The number of methoxy groups -OCH3 is 1. The summed E-state index contributed by atoms with van der Waals surface area (Å²) < 4.78 is 11.2. The van der Waals surface area contributed by atoms with Crippen LogP contribution in [0.15, 0.2) is 24.3 Å². The maximum Gasteiger partial charge on any atom is 0.227 e. The fourth-order valence-corrected chi connectivity index (χ4v) is 4.63. The summed E-state index contributed by atoms with van der Waals surface area (Å²) in [5, 5.41) is 0. The topological polar surface area (TPSA) is 42.0 Å². The van der Waals surface area contributed by atoms with E-state index < -0.39 is 0 Å². The van der Waals surface area contributed by atoms with Crippen molar-refractivity contribution in [1.29, 1.82) is 0 Å². The molecular weight excluding hydrogens is 328 g/mol. The van der Waals surface area contributed by atoms with Crippen LogP contribution in [0, 0.1) is 5.92 Å². The minimum Gasteiger partial charge on any atom is -0.497 e. The van der Waals surface area contributed by atoms with Crippen molar-refractivity contribution in [2.45, 2.75) is 50.7 Å². The highest BCUT2D eigenvalue weighted by atomic mass is 16.5. The average Bonchev–Trinajstić information content (AvgIpc) is 3.19. The highest BCUT2D eigenvalue weighted by Crippen LogP contribution is 2.30. The third-order valence-corrected chi connectivity index (χ3v) is 6.15. The predicted molar refractivity (Wildman–Crippen MR) is 101 cm³/mol. The summed E-state index contributed by atoms with van der Waals surface area (Å²) in [5.41, 5.74) is 0. The van der Waals surface area contributed by atoms with Gasteiger partial charge in [-0.1, -0.05) is 18.9 Å². The lowest BCUT2D eigenvalue weighted by Gasteiger charge is -2.43. The summed E-state index contributed by atoms with van der Waals surface area (Å²) >= 11 is 0. The number of hydrogen-bond acceptors (Lipinski definition) is 4. The Kier molecular flexibility index (Phi) is 5.34. The number of likely N-dealkylation sites (tertiary alicyclic amines) is 2. The van der Waals surface area contributed by atoms with Gasteiger partial charge in [0.05, 0.1) is 26.1 Å². The van der Waals surface area contributed by atoms with Gasteiger partial charge in [0, 0.05) is 18.7 Å².